The number of ether oxygens (including phenoxy) is 1. The Labute approximate surface area is 207 Å². The number of rotatable bonds is 10. The Bertz CT molecular complexity index is 1360. The molecule has 3 heterocycles. The van der Waals surface area contributed by atoms with E-state index in [4.69, 9.17) is 9.15 Å². The second kappa shape index (κ2) is 10.1. The van der Waals surface area contributed by atoms with Crippen LogP contribution in [0.25, 0.3) is 0 Å². The second-order valence-corrected chi connectivity index (χ2v) is 11.5. The average molecular weight is 524 g/mol. The first-order chi connectivity index (χ1) is 16.7. The molecule has 1 saturated heterocycles. The van der Waals surface area contributed by atoms with E-state index in [0.29, 0.717) is 18.1 Å². The standard InChI is InChI=1S/C23H29N3O7S2/c1-4-13(3)14-10-17(33-11-14)15(5-2)24-18-19(22(29)21(18)28)25-16-12-34-23(20(16)27)35(30,31)26-6-8-32-9-7-26/h10-13,15,24-25,27H,4-9H2,1-3H3/t13?,15-/m1/s1. The highest BCUT2D eigenvalue weighted by Crippen LogP contribution is 2.41. The van der Waals surface area contributed by atoms with Crippen molar-refractivity contribution in [3.63, 3.8) is 0 Å². The largest absolute Gasteiger partial charge is 0.504 e. The maximum Gasteiger partial charge on any atom is 0.256 e. The fraction of sp³-hybridized carbons (Fsp3) is 0.478. The van der Waals surface area contributed by atoms with Gasteiger partial charge in [-0.05, 0) is 30.4 Å². The predicted octanol–water partition coefficient (Wildman–Crippen LogP) is 3.48. The van der Waals surface area contributed by atoms with Crippen LogP contribution in [0, 0.1) is 0 Å². The van der Waals surface area contributed by atoms with Gasteiger partial charge in [0.2, 0.25) is 0 Å². The van der Waals surface area contributed by atoms with Crippen molar-refractivity contribution in [3.8, 4) is 5.75 Å². The molecule has 3 aromatic rings. The molecule has 10 nitrogen and oxygen atoms in total. The molecule has 190 valence electrons. The van der Waals surface area contributed by atoms with Gasteiger partial charge in [-0.15, -0.1) is 11.3 Å². The lowest BCUT2D eigenvalue weighted by atomic mass is 10.0. The highest BCUT2D eigenvalue weighted by atomic mass is 32.2. The maximum absolute atomic E-state index is 12.9. The van der Waals surface area contributed by atoms with E-state index in [9.17, 15) is 23.1 Å². The zero-order valence-corrected chi connectivity index (χ0v) is 21.4. The molecule has 1 unspecified atom stereocenters. The van der Waals surface area contributed by atoms with Crippen LogP contribution in [0.1, 0.15) is 56.9 Å². The molecular formula is C23H29N3O7S2. The molecule has 0 saturated carbocycles. The lowest BCUT2D eigenvalue weighted by Gasteiger charge is -2.25. The SMILES string of the molecule is CCC(C)c1coc([C@@H](CC)Nc2c(Nc3csc(S(=O)(=O)N4CCOCC4)c3O)c(=O)c2=O)c1. The zero-order valence-electron chi connectivity index (χ0n) is 19.8. The Kier molecular flexibility index (Phi) is 7.36. The molecule has 35 heavy (non-hydrogen) atoms. The van der Waals surface area contributed by atoms with E-state index in [1.165, 1.54) is 9.69 Å². The van der Waals surface area contributed by atoms with Crippen LogP contribution in [0.2, 0.25) is 0 Å². The van der Waals surface area contributed by atoms with E-state index in [2.05, 4.69) is 24.5 Å². The fourth-order valence-electron chi connectivity index (χ4n) is 3.89. The van der Waals surface area contributed by atoms with Gasteiger partial charge < -0.3 is 24.9 Å². The molecule has 12 heteroatoms. The molecular weight excluding hydrogens is 494 g/mol. The van der Waals surface area contributed by atoms with Crippen molar-refractivity contribution in [3.05, 3.63) is 49.5 Å². The number of aromatic hydroxyl groups is 1. The van der Waals surface area contributed by atoms with E-state index in [1.807, 2.05) is 13.0 Å². The Hall–Kier alpha value is -2.67. The van der Waals surface area contributed by atoms with Crippen LogP contribution < -0.4 is 21.5 Å². The summed E-state index contributed by atoms with van der Waals surface area (Å²) in [6.07, 6.45) is 3.26. The third-order valence-electron chi connectivity index (χ3n) is 6.34. The predicted molar refractivity (Wildman–Crippen MR) is 134 cm³/mol. The molecule has 1 aromatic carbocycles. The van der Waals surface area contributed by atoms with Gasteiger partial charge in [0.05, 0.1) is 31.2 Å². The van der Waals surface area contributed by atoms with Gasteiger partial charge >= 0.3 is 0 Å². The van der Waals surface area contributed by atoms with Crippen LogP contribution in [-0.2, 0) is 14.8 Å². The minimum absolute atomic E-state index is 0.0226. The first-order valence-electron chi connectivity index (χ1n) is 11.5. The number of nitrogens with one attached hydrogen (secondary N) is 2. The highest BCUT2D eigenvalue weighted by Gasteiger charge is 2.33. The highest BCUT2D eigenvalue weighted by molar-refractivity contribution is 7.91. The van der Waals surface area contributed by atoms with Crippen molar-refractivity contribution in [1.29, 1.82) is 0 Å². The summed E-state index contributed by atoms with van der Waals surface area (Å²) in [7, 11) is -3.91. The number of sulfonamides is 1. The molecule has 0 spiro atoms. The number of thiophene rings is 1. The number of nitrogens with zero attached hydrogens (tertiary/aromatic N) is 1. The van der Waals surface area contributed by atoms with E-state index in [0.717, 1.165) is 23.3 Å². The molecule has 2 atom stereocenters. The normalized spacial score (nSPS) is 16.9. The van der Waals surface area contributed by atoms with Crippen LogP contribution in [0.3, 0.4) is 0 Å². The molecule has 4 rings (SSSR count). The van der Waals surface area contributed by atoms with Crippen LogP contribution in [-0.4, -0.2) is 44.1 Å². The summed E-state index contributed by atoms with van der Waals surface area (Å²) in [6.45, 7) is 7.06. The van der Waals surface area contributed by atoms with Crippen molar-refractivity contribution in [2.24, 2.45) is 0 Å². The quantitative estimate of drug-likeness (QED) is 0.341. The fourth-order valence-corrected chi connectivity index (χ4v) is 6.67. The van der Waals surface area contributed by atoms with Gasteiger partial charge in [0.25, 0.3) is 20.9 Å². The Morgan fingerprint density at radius 1 is 1.14 bits per heavy atom. The van der Waals surface area contributed by atoms with Gasteiger partial charge in [-0.25, -0.2) is 8.42 Å². The summed E-state index contributed by atoms with van der Waals surface area (Å²) in [5, 5.41) is 17.9. The first-order valence-corrected chi connectivity index (χ1v) is 13.8. The van der Waals surface area contributed by atoms with E-state index < -0.39 is 26.6 Å². The van der Waals surface area contributed by atoms with Crippen LogP contribution in [0.15, 0.2) is 35.9 Å². The number of hydrogen-bond donors (Lipinski definition) is 3. The summed E-state index contributed by atoms with van der Waals surface area (Å²) >= 11 is 0.842. The monoisotopic (exact) mass is 523 g/mol. The third-order valence-corrected chi connectivity index (χ3v) is 9.73. The van der Waals surface area contributed by atoms with E-state index >= 15 is 0 Å². The van der Waals surface area contributed by atoms with Crippen molar-refractivity contribution in [2.45, 2.75) is 49.8 Å². The number of furan rings is 1. The van der Waals surface area contributed by atoms with E-state index in [-0.39, 0.29) is 53.6 Å². The number of morpholine rings is 1. The van der Waals surface area contributed by atoms with Gasteiger partial charge in [-0.1, -0.05) is 20.8 Å². The summed E-state index contributed by atoms with van der Waals surface area (Å²) in [5.74, 6) is 0.494. The molecule has 0 amide bonds. The van der Waals surface area contributed by atoms with Gasteiger partial charge in [0.15, 0.2) is 9.96 Å². The minimum atomic E-state index is -3.91. The van der Waals surface area contributed by atoms with Crippen LogP contribution in [0.5, 0.6) is 5.75 Å². The molecule has 0 aliphatic carbocycles. The molecule has 2 aromatic heterocycles. The first kappa shape index (κ1) is 25.4. The van der Waals surface area contributed by atoms with Crippen molar-refractivity contribution >= 4 is 38.4 Å². The minimum Gasteiger partial charge on any atom is -0.504 e. The van der Waals surface area contributed by atoms with Crippen LogP contribution in [0.4, 0.5) is 17.1 Å². The van der Waals surface area contributed by atoms with Gasteiger partial charge in [-0.2, -0.15) is 4.31 Å². The summed E-state index contributed by atoms with van der Waals surface area (Å²) in [6, 6.07) is 1.60. The maximum atomic E-state index is 12.9. The second-order valence-electron chi connectivity index (χ2n) is 8.53. The van der Waals surface area contributed by atoms with E-state index in [1.54, 1.807) is 6.26 Å². The summed E-state index contributed by atoms with van der Waals surface area (Å²) < 4.78 is 37.8. The third kappa shape index (κ3) is 4.75. The molecule has 1 aliphatic heterocycles. The Balaban J connectivity index is 1.55. The summed E-state index contributed by atoms with van der Waals surface area (Å²) in [4.78, 5) is 24.7. The van der Waals surface area contributed by atoms with Crippen molar-refractivity contribution in [1.82, 2.24) is 4.31 Å². The molecule has 0 radical (unpaired) electrons. The van der Waals surface area contributed by atoms with Gasteiger partial charge in [0, 0.05) is 18.5 Å². The topological polar surface area (TPSA) is 138 Å². The van der Waals surface area contributed by atoms with Crippen LogP contribution >= 0.6 is 11.3 Å². The lowest BCUT2D eigenvalue weighted by Crippen LogP contribution is -2.40. The van der Waals surface area contributed by atoms with Crippen molar-refractivity contribution < 1.29 is 22.7 Å². The molecule has 1 aliphatic rings. The average Bonchev–Trinajstić information content (AvgIpc) is 3.51. The molecule has 1 fully saturated rings. The Morgan fingerprint density at radius 2 is 1.83 bits per heavy atom. The smallest absolute Gasteiger partial charge is 0.256 e. The summed E-state index contributed by atoms with van der Waals surface area (Å²) in [5.41, 5.74) is -0.275. The molecule has 0 bridgehead atoms. The number of anilines is 3. The zero-order chi connectivity index (χ0) is 25.3. The number of hydrogen-bond acceptors (Lipinski definition) is 10. The lowest BCUT2D eigenvalue weighted by molar-refractivity contribution is 0.0730. The Morgan fingerprint density at radius 3 is 2.49 bits per heavy atom. The van der Waals surface area contributed by atoms with Gasteiger partial charge in [-0.3, -0.25) is 9.59 Å². The molecule has 3 N–H and O–H groups in total. The van der Waals surface area contributed by atoms with Gasteiger partial charge in [0.1, 0.15) is 17.1 Å². The van der Waals surface area contributed by atoms with Crippen molar-refractivity contribution in [2.75, 3.05) is 36.9 Å².